The summed E-state index contributed by atoms with van der Waals surface area (Å²) in [4.78, 5) is 0. The zero-order chi connectivity index (χ0) is 8.41. The summed E-state index contributed by atoms with van der Waals surface area (Å²) in [6.07, 6.45) is 0. The minimum absolute atomic E-state index is 0.642. The van der Waals surface area contributed by atoms with E-state index >= 15 is 0 Å². The lowest BCUT2D eigenvalue weighted by Gasteiger charge is -2.34. The van der Waals surface area contributed by atoms with E-state index in [1.807, 2.05) is 0 Å². The molecule has 0 unspecified atom stereocenters. The molecule has 0 rings (SSSR count). The van der Waals surface area contributed by atoms with Crippen LogP contribution >= 0.6 is 0 Å². The van der Waals surface area contributed by atoms with E-state index < -0.39 is 15.4 Å². The van der Waals surface area contributed by atoms with Crippen LogP contribution in [0.3, 0.4) is 0 Å². The third-order valence-corrected chi connectivity index (χ3v) is 18.1. The molecule has 0 aliphatic carbocycles. The van der Waals surface area contributed by atoms with Crippen LogP contribution in [0.2, 0.25) is 32.7 Å². The molecular formula is C7H19OSi2. The molecule has 0 aliphatic heterocycles. The summed E-state index contributed by atoms with van der Waals surface area (Å²) in [7, 11) is -2.36. The predicted molar refractivity (Wildman–Crippen MR) is 52.1 cm³/mol. The van der Waals surface area contributed by atoms with Gasteiger partial charge in [0, 0.05) is 6.61 Å². The van der Waals surface area contributed by atoms with Crippen LogP contribution < -0.4 is 0 Å². The van der Waals surface area contributed by atoms with Crippen LogP contribution in [0, 0.1) is 6.92 Å². The monoisotopic (exact) mass is 175 g/mol. The quantitative estimate of drug-likeness (QED) is 0.599. The second-order valence-corrected chi connectivity index (χ2v) is 20.0. The van der Waals surface area contributed by atoms with Gasteiger partial charge in [0.2, 0.25) is 0 Å². The lowest BCUT2D eigenvalue weighted by atomic mass is 10.9. The maximum atomic E-state index is 5.68. The molecule has 1 radical (unpaired) electrons. The van der Waals surface area contributed by atoms with E-state index in [-0.39, 0.29) is 0 Å². The van der Waals surface area contributed by atoms with Gasteiger partial charge < -0.3 is 4.43 Å². The summed E-state index contributed by atoms with van der Waals surface area (Å²) in [6, 6.07) is 0. The molecule has 0 saturated carbocycles. The standard InChI is InChI=1S/C7H19OSi2/c1-7-8-10(5,6)9(2,3)4/h1,7H2,2-6H3. The van der Waals surface area contributed by atoms with Crippen molar-refractivity contribution in [3.05, 3.63) is 6.92 Å². The van der Waals surface area contributed by atoms with Gasteiger partial charge in [0.05, 0.1) is 7.59 Å². The SMILES string of the molecule is [CH2]CO[Si](C)(C)[Si](C)(C)C. The highest BCUT2D eigenvalue weighted by Crippen LogP contribution is 2.19. The molecule has 1 nitrogen and oxygen atoms in total. The Morgan fingerprint density at radius 2 is 1.50 bits per heavy atom. The molecule has 0 aromatic carbocycles. The fraction of sp³-hybridized carbons (Fsp3) is 0.857. The van der Waals surface area contributed by atoms with E-state index in [2.05, 4.69) is 39.7 Å². The Balaban J connectivity index is 4.10. The van der Waals surface area contributed by atoms with Crippen molar-refractivity contribution in [3.63, 3.8) is 0 Å². The Hall–Kier alpha value is 0.394. The molecule has 0 aromatic heterocycles. The average Bonchev–Trinajstić information content (AvgIpc) is 1.61. The van der Waals surface area contributed by atoms with E-state index in [4.69, 9.17) is 4.43 Å². The van der Waals surface area contributed by atoms with E-state index in [1.165, 1.54) is 0 Å². The summed E-state index contributed by atoms with van der Waals surface area (Å²) < 4.78 is 5.68. The number of hydrogen-bond donors (Lipinski definition) is 0. The largest absolute Gasteiger partial charge is 0.420 e. The van der Waals surface area contributed by atoms with Crippen LogP contribution in [0.1, 0.15) is 0 Å². The van der Waals surface area contributed by atoms with Crippen LogP contribution in [-0.2, 0) is 4.43 Å². The summed E-state index contributed by atoms with van der Waals surface area (Å²) in [5.41, 5.74) is 0. The summed E-state index contributed by atoms with van der Waals surface area (Å²) in [5, 5.41) is 0. The van der Waals surface area contributed by atoms with Crippen molar-refractivity contribution in [2.45, 2.75) is 32.7 Å². The predicted octanol–water partition coefficient (Wildman–Crippen LogP) is 2.46. The molecule has 0 N–H and O–H groups in total. The molecular weight excluding hydrogens is 156 g/mol. The highest BCUT2D eigenvalue weighted by atomic mass is 29.3. The van der Waals surface area contributed by atoms with E-state index in [0.717, 1.165) is 0 Å². The zero-order valence-corrected chi connectivity index (χ0v) is 9.82. The average molecular weight is 175 g/mol. The van der Waals surface area contributed by atoms with Crippen LogP contribution in [0.25, 0.3) is 0 Å². The Bertz CT molecular complexity index is 105. The first kappa shape index (κ1) is 10.4. The third-order valence-electron chi connectivity index (χ3n) is 2.27. The Morgan fingerprint density at radius 3 is 1.60 bits per heavy atom. The first-order valence-corrected chi connectivity index (χ1v) is 11.2. The number of rotatable bonds is 3. The van der Waals surface area contributed by atoms with Gasteiger partial charge in [-0.1, -0.05) is 19.6 Å². The zero-order valence-electron chi connectivity index (χ0n) is 7.82. The lowest BCUT2D eigenvalue weighted by Crippen LogP contribution is -2.54. The van der Waals surface area contributed by atoms with Crippen molar-refractivity contribution in [2.75, 3.05) is 6.61 Å². The van der Waals surface area contributed by atoms with Crippen LogP contribution in [-0.4, -0.2) is 22.0 Å². The van der Waals surface area contributed by atoms with Gasteiger partial charge in [-0.15, -0.1) is 0 Å². The molecule has 0 heterocycles. The van der Waals surface area contributed by atoms with E-state index in [9.17, 15) is 0 Å². The summed E-state index contributed by atoms with van der Waals surface area (Å²) >= 11 is 0. The van der Waals surface area contributed by atoms with Gasteiger partial charge in [0.1, 0.15) is 0 Å². The molecule has 0 aromatic rings. The normalized spacial score (nSPS) is 13.8. The molecule has 0 amide bonds. The first-order chi connectivity index (χ1) is 4.31. The summed E-state index contributed by atoms with van der Waals surface area (Å²) in [6.45, 7) is 16.1. The van der Waals surface area contributed by atoms with Crippen molar-refractivity contribution >= 4 is 15.4 Å². The van der Waals surface area contributed by atoms with Gasteiger partial charge in [-0.3, -0.25) is 0 Å². The Kier molecular flexibility index (Phi) is 3.32. The van der Waals surface area contributed by atoms with Gasteiger partial charge >= 0.3 is 0 Å². The van der Waals surface area contributed by atoms with Gasteiger partial charge in [0.25, 0.3) is 0 Å². The topological polar surface area (TPSA) is 9.23 Å². The molecule has 10 heavy (non-hydrogen) atoms. The minimum Gasteiger partial charge on any atom is -0.420 e. The van der Waals surface area contributed by atoms with Crippen molar-refractivity contribution in [1.82, 2.24) is 0 Å². The lowest BCUT2D eigenvalue weighted by molar-refractivity contribution is 0.363. The van der Waals surface area contributed by atoms with Crippen LogP contribution in [0.4, 0.5) is 0 Å². The second-order valence-electron chi connectivity index (χ2n) is 4.11. The van der Waals surface area contributed by atoms with E-state index in [1.54, 1.807) is 0 Å². The van der Waals surface area contributed by atoms with Gasteiger partial charge in [-0.05, 0) is 20.0 Å². The second kappa shape index (κ2) is 3.19. The highest BCUT2D eigenvalue weighted by Gasteiger charge is 2.38. The molecule has 0 bridgehead atoms. The Labute approximate surface area is 66.7 Å². The minimum atomic E-state index is -1.33. The molecule has 0 aliphatic rings. The van der Waals surface area contributed by atoms with Gasteiger partial charge in [-0.2, -0.15) is 0 Å². The molecule has 0 fully saturated rings. The van der Waals surface area contributed by atoms with Gasteiger partial charge in [0.15, 0.2) is 7.83 Å². The van der Waals surface area contributed by atoms with Crippen molar-refractivity contribution < 1.29 is 4.43 Å². The highest BCUT2D eigenvalue weighted by molar-refractivity contribution is 7.37. The molecule has 61 valence electrons. The van der Waals surface area contributed by atoms with Crippen molar-refractivity contribution in [2.24, 2.45) is 0 Å². The molecule has 0 spiro atoms. The summed E-state index contributed by atoms with van der Waals surface area (Å²) in [5.74, 6) is 0. The van der Waals surface area contributed by atoms with Gasteiger partial charge in [-0.25, -0.2) is 0 Å². The molecule has 3 heteroatoms. The smallest absolute Gasteiger partial charge is 0.173 e. The Morgan fingerprint density at radius 1 is 1.10 bits per heavy atom. The maximum absolute atomic E-state index is 5.68. The van der Waals surface area contributed by atoms with Crippen molar-refractivity contribution in [1.29, 1.82) is 0 Å². The molecule has 0 saturated heterocycles. The van der Waals surface area contributed by atoms with Crippen LogP contribution in [0.5, 0.6) is 0 Å². The first-order valence-electron chi connectivity index (χ1n) is 3.74. The maximum Gasteiger partial charge on any atom is 0.173 e. The number of hydrogen-bond acceptors (Lipinski definition) is 1. The van der Waals surface area contributed by atoms with Crippen LogP contribution in [0.15, 0.2) is 0 Å². The third kappa shape index (κ3) is 2.56. The fourth-order valence-corrected chi connectivity index (χ4v) is 3.02. The van der Waals surface area contributed by atoms with Crippen molar-refractivity contribution in [3.8, 4) is 0 Å². The fourth-order valence-electron chi connectivity index (χ4n) is 0.472. The molecule has 0 atom stereocenters. The van der Waals surface area contributed by atoms with E-state index in [0.29, 0.717) is 6.61 Å².